The highest BCUT2D eigenvalue weighted by molar-refractivity contribution is 9.11. The summed E-state index contributed by atoms with van der Waals surface area (Å²) in [6.45, 7) is 0.463. The molecule has 5 rings (SSSR count). The van der Waals surface area contributed by atoms with E-state index in [2.05, 4.69) is 41.8 Å². The smallest absolute Gasteiger partial charge is 0.333 e. The Bertz CT molecular complexity index is 1770. The average Bonchev–Trinajstić information content (AvgIpc) is 3.05. The van der Waals surface area contributed by atoms with E-state index in [1.165, 1.54) is 9.80 Å². The van der Waals surface area contributed by atoms with Crippen LogP contribution in [0.5, 0.6) is 0 Å². The van der Waals surface area contributed by atoms with Crippen molar-refractivity contribution in [2.24, 2.45) is 38.3 Å². The molecule has 0 unspecified atom stereocenters. The van der Waals surface area contributed by atoms with Gasteiger partial charge in [0.25, 0.3) is 0 Å². The van der Waals surface area contributed by atoms with Gasteiger partial charge in [0.1, 0.15) is 5.41 Å². The lowest BCUT2D eigenvalue weighted by Crippen LogP contribution is -2.66. The number of barbiturate groups is 1. The Balaban J connectivity index is 1.68. The topological polar surface area (TPSA) is 186 Å². The predicted molar refractivity (Wildman–Crippen MR) is 193 cm³/mol. The third-order valence-electron chi connectivity index (χ3n) is 8.35. The summed E-state index contributed by atoms with van der Waals surface area (Å²) in [6, 6.07) is 22.6. The van der Waals surface area contributed by atoms with Crippen LogP contribution in [-0.4, -0.2) is 65.7 Å². The van der Waals surface area contributed by atoms with Crippen LogP contribution in [0.2, 0.25) is 0 Å². The maximum Gasteiger partial charge on any atom is 0.333 e. The molecule has 0 bridgehead atoms. The van der Waals surface area contributed by atoms with Gasteiger partial charge in [0.2, 0.25) is 11.8 Å². The van der Waals surface area contributed by atoms with Gasteiger partial charge in [0.15, 0.2) is 11.9 Å². The van der Waals surface area contributed by atoms with E-state index >= 15 is 0 Å². The first-order chi connectivity index (χ1) is 22.5. The van der Waals surface area contributed by atoms with Gasteiger partial charge in [-0.05, 0) is 70.5 Å². The van der Waals surface area contributed by atoms with Crippen LogP contribution in [0.25, 0.3) is 21.5 Å². The molecule has 8 N–H and O–H groups in total. The number of aliphatic imine (C=N–C) groups is 2. The van der Waals surface area contributed by atoms with Crippen LogP contribution in [-0.2, 0) is 22.4 Å². The highest BCUT2D eigenvalue weighted by Crippen LogP contribution is 2.41. The van der Waals surface area contributed by atoms with Gasteiger partial charge in [-0.15, -0.1) is 0 Å². The average molecular weight is 765 g/mol. The third kappa shape index (κ3) is 7.10. The molecule has 0 radical (unpaired) electrons. The van der Waals surface area contributed by atoms with E-state index in [9.17, 15) is 14.4 Å². The molecule has 1 fully saturated rings. The van der Waals surface area contributed by atoms with E-state index in [0.29, 0.717) is 12.8 Å². The summed E-state index contributed by atoms with van der Waals surface area (Å²) < 4.78 is 1.79. The highest BCUT2D eigenvalue weighted by atomic mass is 79.9. The maximum atomic E-state index is 14.9. The molecule has 0 aromatic heterocycles. The molecule has 0 spiro atoms. The molecular weight excluding hydrogens is 728 g/mol. The number of carbonyl (C=O) groups excluding carboxylic acids is 3. The van der Waals surface area contributed by atoms with Crippen molar-refractivity contribution in [3.8, 4) is 0 Å². The van der Waals surface area contributed by atoms with Gasteiger partial charge in [-0.2, -0.15) is 0 Å². The molecule has 47 heavy (non-hydrogen) atoms. The zero-order chi connectivity index (χ0) is 33.7. The van der Waals surface area contributed by atoms with Crippen LogP contribution in [0.4, 0.5) is 4.79 Å². The van der Waals surface area contributed by atoms with Crippen molar-refractivity contribution in [3.05, 3.63) is 92.9 Å². The zero-order valence-corrected chi connectivity index (χ0v) is 28.8. The number of carbonyl (C=O) groups is 3. The van der Waals surface area contributed by atoms with Crippen LogP contribution < -0.4 is 22.9 Å². The number of nitrogens with zero attached hydrogens (tertiary/aromatic N) is 4. The van der Waals surface area contributed by atoms with Gasteiger partial charge in [0.05, 0.1) is 0 Å². The van der Waals surface area contributed by atoms with Crippen molar-refractivity contribution in [2.45, 2.75) is 25.7 Å². The van der Waals surface area contributed by atoms with Gasteiger partial charge < -0.3 is 22.9 Å². The number of rotatable bonds is 12. The number of imide groups is 2. The Morgan fingerprint density at radius 3 is 1.36 bits per heavy atom. The van der Waals surface area contributed by atoms with E-state index in [1.54, 1.807) is 0 Å². The molecule has 244 valence electrons. The predicted octanol–water partition coefficient (Wildman–Crippen LogP) is 4.41. The van der Waals surface area contributed by atoms with Gasteiger partial charge >= 0.3 is 6.03 Å². The minimum atomic E-state index is -1.66. The summed E-state index contributed by atoms with van der Waals surface area (Å²) in [6.07, 6.45) is 0.740. The number of guanidine groups is 2. The third-order valence-corrected chi connectivity index (χ3v) is 9.73. The largest absolute Gasteiger partial charge is 0.370 e. The molecule has 0 aliphatic carbocycles. The van der Waals surface area contributed by atoms with Crippen LogP contribution in [0, 0.1) is 5.41 Å². The van der Waals surface area contributed by atoms with Crippen molar-refractivity contribution in [1.82, 2.24) is 9.80 Å². The quantitative estimate of drug-likeness (QED) is 0.0713. The van der Waals surface area contributed by atoms with E-state index in [-0.39, 0.29) is 50.9 Å². The molecule has 1 saturated heterocycles. The summed E-state index contributed by atoms with van der Waals surface area (Å²) >= 11 is 7.29. The number of nitrogens with two attached hydrogens (primary N) is 4. The second-order valence-electron chi connectivity index (χ2n) is 11.5. The fourth-order valence-corrected chi connectivity index (χ4v) is 7.12. The standard InChI is InChI=1S/C34H36Br2N8O3/c35-27-13-11-21(23-7-1-3-9-25(23)27)19-34(20-22-12-14-28(36)26-10-4-2-8-24(22)26)29(45)43(17-5-15-41-31(37)38)33(47)44(30(34)46)18-6-16-42-32(39)40/h1-4,7-14H,5-6,15-20H2,(H4,37,38,41)(H4,39,40,42). The fraction of sp³-hybridized carbons (Fsp3) is 0.265. The summed E-state index contributed by atoms with van der Waals surface area (Å²) in [7, 11) is 0. The first-order valence-electron chi connectivity index (χ1n) is 15.1. The Morgan fingerprint density at radius 2 is 0.979 bits per heavy atom. The Labute approximate surface area is 289 Å². The van der Waals surface area contributed by atoms with E-state index in [1.807, 2.05) is 72.8 Å². The summed E-state index contributed by atoms with van der Waals surface area (Å²) in [5, 5.41) is 3.70. The van der Waals surface area contributed by atoms with Gasteiger partial charge in [-0.25, -0.2) is 4.79 Å². The molecule has 1 aliphatic rings. The van der Waals surface area contributed by atoms with Crippen LogP contribution >= 0.6 is 31.9 Å². The first-order valence-corrected chi connectivity index (χ1v) is 16.7. The number of hydrogen-bond acceptors (Lipinski definition) is 5. The lowest BCUT2D eigenvalue weighted by atomic mass is 9.71. The van der Waals surface area contributed by atoms with E-state index in [0.717, 1.165) is 41.6 Å². The minimum Gasteiger partial charge on any atom is -0.370 e. The SMILES string of the molecule is NC(N)=NCCCN1C(=O)N(CCCN=C(N)N)C(=O)C(Cc2ccc(Br)c3ccccc23)(Cc2ccc(Br)c3ccccc23)C1=O. The molecule has 4 aromatic rings. The lowest BCUT2D eigenvalue weighted by Gasteiger charge is -2.44. The molecule has 0 atom stereocenters. The second-order valence-corrected chi connectivity index (χ2v) is 13.2. The fourth-order valence-electron chi connectivity index (χ4n) is 6.17. The second kappa shape index (κ2) is 14.5. The summed E-state index contributed by atoms with van der Waals surface area (Å²) in [5.41, 5.74) is 22.0. The van der Waals surface area contributed by atoms with Crippen LogP contribution in [0.3, 0.4) is 0 Å². The molecule has 1 heterocycles. The van der Waals surface area contributed by atoms with Crippen LogP contribution in [0.15, 0.2) is 91.7 Å². The number of urea groups is 1. The number of halogens is 2. The summed E-state index contributed by atoms with van der Waals surface area (Å²) in [4.78, 5) is 54.1. The summed E-state index contributed by atoms with van der Waals surface area (Å²) in [5.74, 6) is -1.29. The minimum absolute atomic E-state index is 0.0239. The number of fused-ring (bicyclic) bond motifs is 2. The molecule has 4 amide bonds. The molecule has 4 aromatic carbocycles. The normalized spacial score (nSPS) is 14.6. The number of hydrogen-bond donors (Lipinski definition) is 4. The first kappa shape index (κ1) is 33.9. The number of amides is 4. The molecule has 11 nitrogen and oxygen atoms in total. The van der Waals surface area contributed by atoms with Crippen molar-refractivity contribution >= 4 is 83.2 Å². The van der Waals surface area contributed by atoms with Crippen molar-refractivity contribution < 1.29 is 14.4 Å². The van der Waals surface area contributed by atoms with E-state index in [4.69, 9.17) is 22.9 Å². The van der Waals surface area contributed by atoms with E-state index < -0.39 is 23.3 Å². The Kier molecular flexibility index (Phi) is 10.5. The Hall–Kier alpha value is -4.49. The molecular formula is C34H36Br2N8O3. The zero-order valence-electron chi connectivity index (χ0n) is 25.7. The molecule has 1 aliphatic heterocycles. The number of benzene rings is 4. The lowest BCUT2D eigenvalue weighted by molar-refractivity contribution is -0.159. The molecule has 13 heteroatoms. The van der Waals surface area contributed by atoms with Gasteiger partial charge in [-0.3, -0.25) is 29.4 Å². The Morgan fingerprint density at radius 1 is 0.596 bits per heavy atom. The van der Waals surface area contributed by atoms with Crippen molar-refractivity contribution in [3.63, 3.8) is 0 Å². The highest BCUT2D eigenvalue weighted by Gasteiger charge is 2.57. The van der Waals surface area contributed by atoms with Gasteiger partial charge in [0, 0.05) is 35.1 Å². The monoisotopic (exact) mass is 762 g/mol. The maximum absolute atomic E-state index is 14.9. The van der Waals surface area contributed by atoms with Gasteiger partial charge in [-0.1, -0.05) is 92.5 Å². The van der Waals surface area contributed by atoms with Crippen LogP contribution in [0.1, 0.15) is 24.0 Å². The molecule has 0 saturated carbocycles. The van der Waals surface area contributed by atoms with Crippen molar-refractivity contribution in [2.75, 3.05) is 26.2 Å². The van der Waals surface area contributed by atoms with Crippen molar-refractivity contribution in [1.29, 1.82) is 0 Å².